The smallest absolute Gasteiger partial charge is 0.0710 e. The van der Waals surface area contributed by atoms with Crippen LogP contribution in [0.4, 0.5) is 0 Å². The fourth-order valence-corrected chi connectivity index (χ4v) is 4.08. The average molecular weight is 392 g/mol. The third-order valence-electron chi connectivity index (χ3n) is 5.31. The summed E-state index contributed by atoms with van der Waals surface area (Å²) in [5.41, 5.74) is 5.94. The molecule has 2 N–H and O–H groups in total. The van der Waals surface area contributed by atoms with E-state index in [1.165, 1.54) is 11.1 Å². The van der Waals surface area contributed by atoms with Gasteiger partial charge < -0.3 is 10.1 Å². The molecule has 2 atom stereocenters. The van der Waals surface area contributed by atoms with Crippen molar-refractivity contribution < 1.29 is 4.74 Å². The van der Waals surface area contributed by atoms with Gasteiger partial charge in [-0.2, -0.15) is 5.10 Å². The summed E-state index contributed by atoms with van der Waals surface area (Å²) in [4.78, 5) is 6.70. The number of ether oxygens (including phenoxy) is 1. The highest BCUT2D eigenvalue weighted by Gasteiger charge is 2.22. The summed E-state index contributed by atoms with van der Waals surface area (Å²) in [5.74, 6) is 0. The lowest BCUT2D eigenvalue weighted by molar-refractivity contribution is -0.0705. The Morgan fingerprint density at radius 3 is 2.52 bits per heavy atom. The Balaban J connectivity index is 1.38. The maximum Gasteiger partial charge on any atom is 0.0710 e. The molecule has 1 aliphatic rings. The molecule has 0 spiro atoms. The molecule has 1 aromatic carbocycles. The number of hydrogen-bond donors (Lipinski definition) is 2. The minimum absolute atomic E-state index is 0.288. The zero-order chi connectivity index (χ0) is 20.1. The number of hydrogen-bond acceptors (Lipinski definition) is 5. The van der Waals surface area contributed by atoms with Crippen LogP contribution in [0.15, 0.2) is 55.0 Å². The van der Waals surface area contributed by atoms with Gasteiger partial charge in [-0.15, -0.1) is 0 Å². The number of benzene rings is 1. The number of H-pyrrole nitrogens is 1. The number of nitrogens with one attached hydrogen (secondary N) is 2. The number of pyridine rings is 1. The first-order valence-corrected chi connectivity index (χ1v) is 10.3. The molecule has 0 saturated carbocycles. The Morgan fingerprint density at radius 2 is 1.76 bits per heavy atom. The Morgan fingerprint density at radius 1 is 1.00 bits per heavy atom. The first-order chi connectivity index (χ1) is 14.2. The van der Waals surface area contributed by atoms with Gasteiger partial charge in [-0.1, -0.05) is 24.3 Å². The number of nitrogens with zero attached hydrogens (tertiary/aromatic N) is 3. The number of aromatic amines is 1. The predicted molar refractivity (Wildman–Crippen MR) is 114 cm³/mol. The highest BCUT2D eigenvalue weighted by molar-refractivity contribution is 5.61. The van der Waals surface area contributed by atoms with Gasteiger partial charge in [0.05, 0.1) is 24.1 Å². The van der Waals surface area contributed by atoms with Gasteiger partial charge in [-0.05, 0) is 37.1 Å². The van der Waals surface area contributed by atoms with Crippen LogP contribution in [0, 0.1) is 0 Å². The highest BCUT2D eigenvalue weighted by Crippen LogP contribution is 2.20. The maximum absolute atomic E-state index is 5.87. The van der Waals surface area contributed by atoms with Crippen molar-refractivity contribution in [3.8, 4) is 11.3 Å². The molecule has 4 rings (SSSR count). The summed E-state index contributed by atoms with van der Waals surface area (Å²) in [7, 11) is 0. The quantitative estimate of drug-likeness (QED) is 0.646. The van der Waals surface area contributed by atoms with Crippen LogP contribution in [0.2, 0.25) is 0 Å². The SMILES string of the molecule is C[C@@H]1CN(Cc2ccccc2CNCc2cn[nH]c2-c2cccnc2)C[C@@H](C)O1. The van der Waals surface area contributed by atoms with Crippen LogP contribution in [-0.2, 0) is 24.4 Å². The van der Waals surface area contributed by atoms with Crippen LogP contribution in [0.25, 0.3) is 11.3 Å². The molecule has 6 nitrogen and oxygen atoms in total. The van der Waals surface area contributed by atoms with E-state index in [-0.39, 0.29) is 12.2 Å². The molecule has 0 amide bonds. The summed E-state index contributed by atoms with van der Waals surface area (Å²) in [5, 5.41) is 10.9. The molecule has 3 heterocycles. The van der Waals surface area contributed by atoms with Crippen molar-refractivity contribution in [2.75, 3.05) is 13.1 Å². The average Bonchev–Trinajstić information content (AvgIpc) is 3.18. The van der Waals surface area contributed by atoms with Gasteiger partial charge in [0.2, 0.25) is 0 Å². The molecule has 0 aliphatic carbocycles. The van der Waals surface area contributed by atoms with Gasteiger partial charge in [-0.3, -0.25) is 15.0 Å². The lowest BCUT2D eigenvalue weighted by Crippen LogP contribution is -2.45. The topological polar surface area (TPSA) is 66.1 Å². The van der Waals surface area contributed by atoms with Crippen LogP contribution in [0.3, 0.4) is 0 Å². The number of rotatable bonds is 7. The second-order valence-electron chi connectivity index (χ2n) is 7.84. The van der Waals surface area contributed by atoms with Crippen LogP contribution < -0.4 is 5.32 Å². The lowest BCUT2D eigenvalue weighted by atomic mass is 10.1. The van der Waals surface area contributed by atoms with E-state index in [9.17, 15) is 0 Å². The van der Waals surface area contributed by atoms with Crippen molar-refractivity contribution in [1.29, 1.82) is 0 Å². The number of morpholine rings is 1. The van der Waals surface area contributed by atoms with Crippen LogP contribution in [0.1, 0.15) is 30.5 Å². The first kappa shape index (κ1) is 19.8. The lowest BCUT2D eigenvalue weighted by Gasteiger charge is -2.35. The Bertz CT molecular complexity index is 900. The molecule has 0 radical (unpaired) electrons. The zero-order valence-electron chi connectivity index (χ0n) is 17.1. The standard InChI is InChI=1S/C23H29N5O/c1-17-14-28(15-18(2)29-17)16-21-7-4-3-6-19(21)10-25-12-22-13-26-27-23(22)20-8-5-9-24-11-20/h3-9,11,13,17-18,25H,10,12,14-16H2,1-2H3,(H,26,27)/t17-,18-/m1/s1. The van der Waals surface area contributed by atoms with Crippen LogP contribution in [0.5, 0.6) is 0 Å². The zero-order valence-corrected chi connectivity index (χ0v) is 17.1. The minimum Gasteiger partial charge on any atom is -0.373 e. The molecule has 1 saturated heterocycles. The normalized spacial score (nSPS) is 20.1. The summed E-state index contributed by atoms with van der Waals surface area (Å²) < 4.78 is 5.87. The van der Waals surface area contributed by atoms with Crippen LogP contribution in [-0.4, -0.2) is 45.4 Å². The Kier molecular flexibility index (Phi) is 6.34. The van der Waals surface area contributed by atoms with Gasteiger partial charge in [0.1, 0.15) is 0 Å². The molecule has 6 heteroatoms. The fraction of sp³-hybridized carbons (Fsp3) is 0.391. The molecule has 1 aliphatic heterocycles. The van der Waals surface area contributed by atoms with Crippen molar-refractivity contribution in [2.45, 2.75) is 45.7 Å². The van der Waals surface area contributed by atoms with Crippen molar-refractivity contribution in [3.05, 3.63) is 71.7 Å². The molecule has 29 heavy (non-hydrogen) atoms. The summed E-state index contributed by atoms with van der Waals surface area (Å²) in [6.07, 6.45) is 6.10. The monoisotopic (exact) mass is 391 g/mol. The van der Waals surface area contributed by atoms with Gasteiger partial charge in [-0.25, -0.2) is 0 Å². The number of aromatic nitrogens is 3. The summed E-state index contributed by atoms with van der Waals surface area (Å²) >= 11 is 0. The van der Waals surface area contributed by atoms with Gasteiger partial charge in [0.25, 0.3) is 0 Å². The van der Waals surface area contributed by atoms with E-state index in [1.54, 1.807) is 6.20 Å². The van der Waals surface area contributed by atoms with Crippen LogP contribution >= 0.6 is 0 Å². The third kappa shape index (κ3) is 5.09. The first-order valence-electron chi connectivity index (χ1n) is 10.3. The largest absolute Gasteiger partial charge is 0.373 e. The van der Waals surface area contributed by atoms with E-state index >= 15 is 0 Å². The molecule has 1 fully saturated rings. The highest BCUT2D eigenvalue weighted by atomic mass is 16.5. The summed E-state index contributed by atoms with van der Waals surface area (Å²) in [6.45, 7) is 8.80. The molecule has 152 valence electrons. The van der Waals surface area contributed by atoms with Gasteiger partial charge >= 0.3 is 0 Å². The minimum atomic E-state index is 0.288. The predicted octanol–water partition coefficient (Wildman–Crippen LogP) is 3.37. The molecular weight excluding hydrogens is 362 g/mol. The second-order valence-corrected chi connectivity index (χ2v) is 7.84. The third-order valence-corrected chi connectivity index (χ3v) is 5.31. The van der Waals surface area contributed by atoms with E-state index in [1.807, 2.05) is 24.5 Å². The second kappa shape index (κ2) is 9.31. The molecular formula is C23H29N5O. The molecule has 3 aromatic rings. The van der Waals surface area contributed by atoms with Gasteiger partial charge in [0, 0.05) is 56.2 Å². The van der Waals surface area contributed by atoms with E-state index in [2.05, 4.69) is 63.5 Å². The van der Waals surface area contributed by atoms with Crippen molar-refractivity contribution in [1.82, 2.24) is 25.4 Å². The van der Waals surface area contributed by atoms with Gasteiger partial charge in [0.15, 0.2) is 0 Å². The maximum atomic E-state index is 5.87. The fourth-order valence-electron chi connectivity index (χ4n) is 4.08. The van der Waals surface area contributed by atoms with E-state index in [4.69, 9.17) is 4.74 Å². The molecule has 0 unspecified atom stereocenters. The van der Waals surface area contributed by atoms with E-state index < -0.39 is 0 Å². The molecule has 2 aromatic heterocycles. The van der Waals surface area contributed by atoms with E-state index in [0.717, 1.165) is 49.5 Å². The molecule has 0 bridgehead atoms. The van der Waals surface area contributed by atoms with Crippen molar-refractivity contribution in [2.24, 2.45) is 0 Å². The van der Waals surface area contributed by atoms with Crippen molar-refractivity contribution in [3.63, 3.8) is 0 Å². The Hall–Kier alpha value is -2.54. The van der Waals surface area contributed by atoms with E-state index in [0.29, 0.717) is 0 Å². The Labute approximate surface area is 172 Å². The summed E-state index contributed by atoms with van der Waals surface area (Å²) in [6, 6.07) is 12.7. The van der Waals surface area contributed by atoms with Crippen molar-refractivity contribution >= 4 is 0 Å².